The van der Waals surface area contributed by atoms with E-state index in [0.29, 0.717) is 5.52 Å². The van der Waals surface area contributed by atoms with Gasteiger partial charge in [0.05, 0.1) is 14.0 Å². The van der Waals surface area contributed by atoms with E-state index in [1.807, 2.05) is 18.2 Å². The molecule has 2 aromatic rings. The predicted molar refractivity (Wildman–Crippen MR) is 115 cm³/mol. The van der Waals surface area contributed by atoms with Crippen molar-refractivity contribution in [2.45, 2.75) is 56.5 Å². The molecule has 0 aliphatic heterocycles. The van der Waals surface area contributed by atoms with Crippen molar-refractivity contribution >= 4 is 70.7 Å². The highest BCUT2D eigenvalue weighted by Gasteiger charge is 2.35. The maximum Gasteiger partial charge on any atom is 0.426 e. The Bertz CT molecular complexity index is 825. The molecular formula is C18H22Br2N2O4S. The van der Waals surface area contributed by atoms with E-state index in [9.17, 15) is 9.59 Å². The third kappa shape index (κ3) is 5.89. The van der Waals surface area contributed by atoms with Gasteiger partial charge in [-0.05, 0) is 47.6 Å². The van der Waals surface area contributed by atoms with E-state index in [2.05, 4.69) is 36.8 Å². The molecule has 6 nitrogen and oxygen atoms in total. The second kappa shape index (κ2) is 8.05. The monoisotopic (exact) mass is 520 g/mol. The smallest absolute Gasteiger partial charge is 0.426 e. The topological polar surface area (TPSA) is 68.7 Å². The van der Waals surface area contributed by atoms with Crippen molar-refractivity contribution in [3.8, 4) is 0 Å². The molecule has 0 fully saturated rings. The summed E-state index contributed by atoms with van der Waals surface area (Å²) in [4.78, 5) is 30.8. The molecule has 0 aliphatic carbocycles. The predicted octanol–water partition coefficient (Wildman–Crippen LogP) is 6.76. The number of halogens is 2. The Hall–Kier alpha value is -1.19. The van der Waals surface area contributed by atoms with E-state index in [0.717, 1.165) is 15.2 Å². The van der Waals surface area contributed by atoms with Crippen molar-refractivity contribution in [1.29, 1.82) is 0 Å². The van der Waals surface area contributed by atoms with E-state index in [4.69, 9.17) is 9.47 Å². The van der Waals surface area contributed by atoms with Crippen molar-refractivity contribution in [3.63, 3.8) is 0 Å². The highest BCUT2D eigenvalue weighted by molar-refractivity contribution is 9.24. The van der Waals surface area contributed by atoms with Crippen LogP contribution in [0.3, 0.4) is 0 Å². The minimum absolute atomic E-state index is 0.111. The van der Waals surface area contributed by atoms with E-state index < -0.39 is 23.4 Å². The number of ether oxygens (including phenoxy) is 2. The van der Waals surface area contributed by atoms with Crippen LogP contribution in [0.1, 0.15) is 50.8 Å². The van der Waals surface area contributed by atoms with Gasteiger partial charge in [-0.3, -0.25) is 0 Å². The standard InChI is InChI=1S/C18H22Br2N2O4S/c1-17(2,3)25-15(23)22(16(24)26-18(4,5)6)14-21-12-10(13(19)20)8-7-9-11(12)27-14/h7-9,13H,1-6H3. The summed E-state index contributed by atoms with van der Waals surface area (Å²) in [6.45, 7) is 10.4. The molecule has 0 aliphatic rings. The van der Waals surface area contributed by atoms with Crippen LogP contribution in [-0.4, -0.2) is 28.4 Å². The van der Waals surface area contributed by atoms with Crippen LogP contribution in [0.4, 0.5) is 14.7 Å². The molecule has 0 saturated heterocycles. The molecule has 27 heavy (non-hydrogen) atoms. The fraction of sp³-hybridized carbons (Fsp3) is 0.500. The zero-order valence-corrected chi connectivity index (χ0v) is 20.0. The normalized spacial score (nSPS) is 12.3. The van der Waals surface area contributed by atoms with Gasteiger partial charge in [-0.15, -0.1) is 0 Å². The summed E-state index contributed by atoms with van der Waals surface area (Å²) in [7, 11) is 0. The molecule has 9 heteroatoms. The first-order chi connectivity index (χ1) is 12.3. The Labute approximate surface area is 179 Å². The van der Waals surface area contributed by atoms with Gasteiger partial charge in [0, 0.05) is 5.56 Å². The summed E-state index contributed by atoms with van der Waals surface area (Å²) >= 11 is 8.16. The minimum atomic E-state index is -0.827. The van der Waals surface area contributed by atoms with Crippen molar-refractivity contribution < 1.29 is 19.1 Å². The zero-order valence-electron chi connectivity index (χ0n) is 16.0. The number of anilines is 1. The van der Waals surface area contributed by atoms with Gasteiger partial charge in [0.1, 0.15) is 11.2 Å². The van der Waals surface area contributed by atoms with Crippen LogP contribution in [0.25, 0.3) is 10.2 Å². The number of hydrogen-bond acceptors (Lipinski definition) is 6. The van der Waals surface area contributed by atoms with E-state index >= 15 is 0 Å². The summed E-state index contributed by atoms with van der Waals surface area (Å²) in [5, 5.41) is 0.196. The maximum absolute atomic E-state index is 12.7. The number of carbonyl (C=O) groups excluding carboxylic acids is 2. The summed E-state index contributed by atoms with van der Waals surface area (Å²) in [5.41, 5.74) is 0.0446. The molecule has 0 unspecified atom stereocenters. The van der Waals surface area contributed by atoms with Crippen molar-refractivity contribution in [2.24, 2.45) is 0 Å². The lowest BCUT2D eigenvalue weighted by Gasteiger charge is -2.27. The lowest BCUT2D eigenvalue weighted by Crippen LogP contribution is -2.43. The molecule has 148 valence electrons. The quantitative estimate of drug-likeness (QED) is 0.408. The molecule has 2 amide bonds. The Morgan fingerprint density at radius 2 is 1.56 bits per heavy atom. The second-order valence-electron chi connectivity index (χ2n) is 7.79. The molecular weight excluding hydrogens is 500 g/mol. The third-order valence-corrected chi connectivity index (χ3v) is 5.01. The zero-order chi connectivity index (χ0) is 20.6. The van der Waals surface area contributed by atoms with Crippen LogP contribution in [0.2, 0.25) is 0 Å². The van der Waals surface area contributed by atoms with Gasteiger partial charge in [-0.2, -0.15) is 4.90 Å². The molecule has 0 bridgehead atoms. The van der Waals surface area contributed by atoms with Crippen LogP contribution in [0, 0.1) is 0 Å². The molecule has 1 heterocycles. The first-order valence-electron chi connectivity index (χ1n) is 8.22. The van der Waals surface area contributed by atoms with Gasteiger partial charge in [-0.25, -0.2) is 14.6 Å². The largest absolute Gasteiger partial charge is 0.443 e. The number of benzene rings is 1. The first kappa shape index (κ1) is 22.1. The van der Waals surface area contributed by atoms with E-state index in [1.165, 1.54) is 11.3 Å². The third-order valence-electron chi connectivity index (χ3n) is 3.02. The summed E-state index contributed by atoms with van der Waals surface area (Å²) in [5.74, 6) is 0. The van der Waals surface area contributed by atoms with Crippen molar-refractivity contribution in [2.75, 3.05) is 4.90 Å². The number of carbonyl (C=O) groups is 2. The number of para-hydroxylation sites is 1. The van der Waals surface area contributed by atoms with E-state index in [1.54, 1.807) is 41.5 Å². The van der Waals surface area contributed by atoms with Gasteiger partial charge in [-0.1, -0.05) is 55.3 Å². The van der Waals surface area contributed by atoms with Gasteiger partial charge in [0.25, 0.3) is 0 Å². The van der Waals surface area contributed by atoms with Gasteiger partial charge in [0.15, 0.2) is 0 Å². The number of imide groups is 1. The number of aromatic nitrogens is 1. The second-order valence-corrected chi connectivity index (χ2v) is 11.9. The number of amides is 2. The summed E-state index contributed by atoms with van der Waals surface area (Å²) in [6.07, 6.45) is -1.65. The molecule has 2 rings (SSSR count). The van der Waals surface area contributed by atoms with Crippen LogP contribution in [0.15, 0.2) is 18.2 Å². The molecule has 0 spiro atoms. The highest BCUT2D eigenvalue weighted by Crippen LogP contribution is 2.38. The molecule has 1 aromatic heterocycles. The lowest BCUT2D eigenvalue weighted by atomic mass is 10.2. The average molecular weight is 522 g/mol. The van der Waals surface area contributed by atoms with E-state index in [-0.39, 0.29) is 8.87 Å². The number of nitrogens with zero attached hydrogens (tertiary/aromatic N) is 2. The number of thiazole rings is 1. The van der Waals surface area contributed by atoms with Crippen molar-refractivity contribution in [1.82, 2.24) is 4.98 Å². The lowest BCUT2D eigenvalue weighted by molar-refractivity contribution is 0.0431. The molecule has 0 atom stereocenters. The first-order valence-corrected chi connectivity index (χ1v) is 10.9. The number of fused-ring (bicyclic) bond motifs is 1. The fourth-order valence-electron chi connectivity index (χ4n) is 2.08. The van der Waals surface area contributed by atoms with Crippen LogP contribution < -0.4 is 4.90 Å². The molecule has 0 radical (unpaired) electrons. The van der Waals surface area contributed by atoms with Gasteiger partial charge in [0.2, 0.25) is 5.13 Å². The molecule has 0 N–H and O–H groups in total. The number of hydrogen-bond donors (Lipinski definition) is 0. The van der Waals surface area contributed by atoms with Crippen LogP contribution in [-0.2, 0) is 9.47 Å². The highest BCUT2D eigenvalue weighted by atomic mass is 79.9. The number of rotatable bonds is 2. The van der Waals surface area contributed by atoms with Crippen LogP contribution in [0.5, 0.6) is 0 Å². The Kier molecular flexibility index (Phi) is 6.59. The minimum Gasteiger partial charge on any atom is -0.443 e. The Morgan fingerprint density at radius 1 is 1.04 bits per heavy atom. The Balaban J connectivity index is 2.52. The summed E-state index contributed by atoms with van der Waals surface area (Å²) < 4.78 is 11.5. The molecule has 1 aromatic carbocycles. The SMILES string of the molecule is CC(C)(C)OC(=O)N(C(=O)OC(C)(C)C)c1nc2c(C(Br)Br)cccc2s1. The number of alkyl halides is 2. The molecule has 0 saturated carbocycles. The average Bonchev–Trinajstić information content (AvgIpc) is 2.85. The van der Waals surface area contributed by atoms with Crippen LogP contribution >= 0.6 is 43.2 Å². The maximum atomic E-state index is 12.7. The summed E-state index contributed by atoms with van der Waals surface area (Å²) in [6, 6.07) is 5.68. The van der Waals surface area contributed by atoms with Gasteiger partial charge < -0.3 is 9.47 Å². The van der Waals surface area contributed by atoms with Gasteiger partial charge >= 0.3 is 12.2 Å². The van der Waals surface area contributed by atoms with Crippen molar-refractivity contribution in [3.05, 3.63) is 23.8 Å². The Morgan fingerprint density at radius 3 is 2.00 bits per heavy atom. The fourth-order valence-corrected chi connectivity index (χ4v) is 3.80.